The standard InChI is InChI=1S/C12H10BrF15O3/c13-3-1-2-4-29-5-6(14,15)30-11(25,26)12(27,28)31-10(23,24)8(18,19)7(16,17)9(20,21)22/h1-5H2. The van der Waals surface area contributed by atoms with Gasteiger partial charge in [-0.2, -0.15) is 65.9 Å². The summed E-state index contributed by atoms with van der Waals surface area (Å²) in [5.74, 6) is -15.6. The van der Waals surface area contributed by atoms with Crippen LogP contribution in [0.4, 0.5) is 65.9 Å². The van der Waals surface area contributed by atoms with Gasteiger partial charge in [0.1, 0.15) is 6.61 Å². The van der Waals surface area contributed by atoms with Gasteiger partial charge >= 0.3 is 42.5 Å². The molecule has 0 rings (SSSR count). The fourth-order valence-corrected chi connectivity index (χ4v) is 1.81. The first kappa shape index (κ1) is 30.3. The number of halogens is 16. The number of alkyl halides is 16. The van der Waals surface area contributed by atoms with Crippen molar-refractivity contribution in [2.45, 2.75) is 55.3 Å². The summed E-state index contributed by atoms with van der Waals surface area (Å²) in [6.07, 6.45) is -34.3. The van der Waals surface area contributed by atoms with E-state index in [1.165, 1.54) is 4.74 Å². The van der Waals surface area contributed by atoms with Crippen molar-refractivity contribution in [2.24, 2.45) is 0 Å². The zero-order chi connectivity index (χ0) is 25.2. The van der Waals surface area contributed by atoms with E-state index in [4.69, 9.17) is 0 Å². The molecule has 0 radical (unpaired) electrons. The molecule has 188 valence electrons. The molecular formula is C12H10BrF15O3. The van der Waals surface area contributed by atoms with Gasteiger partial charge in [0.05, 0.1) is 0 Å². The van der Waals surface area contributed by atoms with E-state index in [1.807, 2.05) is 0 Å². The van der Waals surface area contributed by atoms with E-state index in [1.54, 1.807) is 0 Å². The lowest BCUT2D eigenvalue weighted by Crippen LogP contribution is -2.64. The minimum absolute atomic E-state index is 0.0473. The summed E-state index contributed by atoms with van der Waals surface area (Å²) in [5.41, 5.74) is 0. The fraction of sp³-hybridized carbons (Fsp3) is 1.00. The number of hydrogen-bond acceptors (Lipinski definition) is 3. The van der Waals surface area contributed by atoms with Crippen LogP contribution in [0.5, 0.6) is 0 Å². The summed E-state index contributed by atoms with van der Waals surface area (Å²) in [4.78, 5) is 0. The molecule has 0 saturated carbocycles. The zero-order valence-corrected chi connectivity index (χ0v) is 15.9. The van der Waals surface area contributed by atoms with Gasteiger partial charge in [-0.1, -0.05) is 15.9 Å². The Bertz CT molecular complexity index is 578. The lowest BCUT2D eigenvalue weighted by molar-refractivity contribution is -0.543. The smallest absolute Gasteiger partial charge is 0.372 e. The summed E-state index contributed by atoms with van der Waals surface area (Å²) in [6.45, 7) is -2.74. The maximum absolute atomic E-state index is 13.1. The van der Waals surface area contributed by atoms with Crippen LogP contribution in [0, 0.1) is 0 Å². The van der Waals surface area contributed by atoms with Crippen molar-refractivity contribution in [1.29, 1.82) is 0 Å². The minimum Gasteiger partial charge on any atom is -0.372 e. The highest BCUT2D eigenvalue weighted by Crippen LogP contribution is 2.55. The Hall–Kier alpha value is -0.690. The molecule has 0 aliphatic carbocycles. The quantitative estimate of drug-likeness (QED) is 0.146. The van der Waals surface area contributed by atoms with E-state index in [-0.39, 0.29) is 6.42 Å². The Kier molecular flexibility index (Phi) is 9.45. The van der Waals surface area contributed by atoms with Gasteiger partial charge in [0.15, 0.2) is 0 Å². The number of hydrogen-bond donors (Lipinski definition) is 0. The van der Waals surface area contributed by atoms with E-state index < -0.39 is 55.7 Å². The predicted octanol–water partition coefficient (Wildman–Crippen LogP) is 6.42. The minimum atomic E-state index is -7.88. The van der Waals surface area contributed by atoms with E-state index >= 15 is 0 Å². The Labute approximate surface area is 170 Å². The van der Waals surface area contributed by atoms with Crippen LogP contribution in [-0.2, 0) is 14.2 Å². The molecule has 31 heavy (non-hydrogen) atoms. The molecular weight excluding hydrogens is 557 g/mol. The molecule has 0 amide bonds. The van der Waals surface area contributed by atoms with Crippen molar-refractivity contribution in [1.82, 2.24) is 0 Å². The molecule has 0 bridgehead atoms. The van der Waals surface area contributed by atoms with Crippen LogP contribution in [0.2, 0.25) is 0 Å². The third-order valence-corrected chi connectivity index (χ3v) is 3.49. The molecule has 0 aliphatic heterocycles. The van der Waals surface area contributed by atoms with Crippen LogP contribution in [0.1, 0.15) is 12.8 Å². The topological polar surface area (TPSA) is 27.7 Å². The SMILES string of the molecule is FC(F)(COCCCCBr)OC(F)(F)C(F)(F)OC(F)(F)C(F)(F)C(F)(F)C(F)(F)F. The van der Waals surface area contributed by atoms with E-state index in [0.717, 1.165) is 0 Å². The number of ether oxygens (including phenoxy) is 3. The summed E-state index contributed by atoms with van der Waals surface area (Å²) < 4.78 is 199. The first-order valence-corrected chi connectivity index (χ1v) is 8.47. The molecule has 0 saturated heterocycles. The highest BCUT2D eigenvalue weighted by atomic mass is 79.9. The van der Waals surface area contributed by atoms with Crippen molar-refractivity contribution in [3.8, 4) is 0 Å². The van der Waals surface area contributed by atoms with E-state index in [9.17, 15) is 65.9 Å². The van der Waals surface area contributed by atoms with Crippen LogP contribution < -0.4 is 0 Å². The molecule has 19 heteroatoms. The molecule has 0 unspecified atom stereocenters. The first-order valence-electron chi connectivity index (χ1n) is 7.35. The molecule has 3 nitrogen and oxygen atoms in total. The molecule has 0 aromatic carbocycles. The van der Waals surface area contributed by atoms with Gasteiger partial charge in [-0.15, -0.1) is 0 Å². The van der Waals surface area contributed by atoms with Gasteiger partial charge in [0.25, 0.3) is 0 Å². The highest BCUT2D eigenvalue weighted by molar-refractivity contribution is 9.09. The van der Waals surface area contributed by atoms with Gasteiger partial charge in [0.2, 0.25) is 0 Å². The monoisotopic (exact) mass is 566 g/mol. The van der Waals surface area contributed by atoms with Crippen molar-refractivity contribution in [3.05, 3.63) is 0 Å². The van der Waals surface area contributed by atoms with Gasteiger partial charge in [-0.05, 0) is 12.8 Å². The maximum Gasteiger partial charge on any atom is 0.460 e. The van der Waals surface area contributed by atoms with Crippen LogP contribution in [0.3, 0.4) is 0 Å². The van der Waals surface area contributed by atoms with Gasteiger partial charge < -0.3 is 4.74 Å². The maximum atomic E-state index is 13.1. The largest absolute Gasteiger partial charge is 0.460 e. The van der Waals surface area contributed by atoms with Crippen molar-refractivity contribution < 1.29 is 80.1 Å². The Morgan fingerprint density at radius 2 is 1.00 bits per heavy atom. The second-order valence-corrected chi connectivity index (χ2v) is 6.28. The van der Waals surface area contributed by atoms with Crippen molar-refractivity contribution in [2.75, 3.05) is 18.5 Å². The molecule has 0 aromatic rings. The normalized spacial score (nSPS) is 15.5. The molecule has 0 spiro atoms. The van der Waals surface area contributed by atoms with Crippen LogP contribution in [0.15, 0.2) is 0 Å². The average Bonchev–Trinajstić information content (AvgIpc) is 2.50. The third-order valence-electron chi connectivity index (χ3n) is 2.93. The van der Waals surface area contributed by atoms with Crippen molar-refractivity contribution >= 4 is 15.9 Å². The molecule has 0 heterocycles. The van der Waals surface area contributed by atoms with Gasteiger partial charge in [-0.3, -0.25) is 0 Å². The molecule has 0 aromatic heterocycles. The lowest BCUT2D eigenvalue weighted by Gasteiger charge is -2.36. The fourth-order valence-electron chi connectivity index (χ4n) is 1.41. The summed E-state index contributed by atoms with van der Waals surface area (Å²) in [5, 5.41) is 0.358. The van der Waals surface area contributed by atoms with Crippen LogP contribution >= 0.6 is 15.9 Å². The summed E-state index contributed by atoms with van der Waals surface area (Å²) in [6, 6.07) is 0. The predicted molar refractivity (Wildman–Crippen MR) is 71.8 cm³/mol. The van der Waals surface area contributed by atoms with E-state index in [0.29, 0.717) is 11.8 Å². The van der Waals surface area contributed by atoms with Crippen LogP contribution in [-0.4, -0.2) is 61.0 Å². The lowest BCUT2D eigenvalue weighted by atomic mass is 10.1. The van der Waals surface area contributed by atoms with Crippen LogP contribution in [0.25, 0.3) is 0 Å². The Balaban J connectivity index is 5.50. The Morgan fingerprint density at radius 3 is 1.42 bits per heavy atom. The second-order valence-electron chi connectivity index (χ2n) is 5.49. The first-order chi connectivity index (χ1) is 13.5. The van der Waals surface area contributed by atoms with Gasteiger partial charge in [-0.25, -0.2) is 9.47 Å². The molecule has 0 N–H and O–H groups in total. The highest BCUT2D eigenvalue weighted by Gasteiger charge is 2.85. The number of rotatable bonds is 13. The zero-order valence-electron chi connectivity index (χ0n) is 14.3. The van der Waals surface area contributed by atoms with Crippen molar-refractivity contribution in [3.63, 3.8) is 0 Å². The van der Waals surface area contributed by atoms with E-state index in [2.05, 4.69) is 25.4 Å². The molecule has 0 aliphatic rings. The summed E-state index contributed by atoms with van der Waals surface area (Å²) in [7, 11) is 0. The number of unbranched alkanes of at least 4 members (excludes halogenated alkanes) is 1. The average molecular weight is 567 g/mol. The summed E-state index contributed by atoms with van der Waals surface area (Å²) >= 11 is 2.91. The Morgan fingerprint density at radius 1 is 0.548 bits per heavy atom. The molecule has 0 atom stereocenters. The molecule has 0 fully saturated rings. The second kappa shape index (κ2) is 9.66. The third kappa shape index (κ3) is 7.15. The van der Waals surface area contributed by atoms with Gasteiger partial charge in [0, 0.05) is 11.9 Å².